The Morgan fingerprint density at radius 2 is 2.00 bits per heavy atom. The van der Waals surface area contributed by atoms with Gasteiger partial charge in [0, 0.05) is 20.1 Å². The molecule has 6 heteroatoms. The smallest absolute Gasteiger partial charge is 0.289 e. The molecule has 2 atom stereocenters. The van der Waals surface area contributed by atoms with Crippen molar-refractivity contribution in [3.8, 4) is 0 Å². The van der Waals surface area contributed by atoms with Crippen molar-refractivity contribution in [3.05, 3.63) is 59.5 Å². The van der Waals surface area contributed by atoms with Crippen molar-refractivity contribution in [3.63, 3.8) is 0 Å². The number of carbonyl (C=O) groups excluding carboxylic acids is 2. The van der Waals surface area contributed by atoms with Gasteiger partial charge in [-0.2, -0.15) is 0 Å². The van der Waals surface area contributed by atoms with E-state index < -0.39 is 0 Å². The molecular weight excluding hydrogens is 348 g/mol. The molecule has 2 heterocycles. The van der Waals surface area contributed by atoms with E-state index in [1.807, 2.05) is 11.8 Å². The first-order valence-electron chi connectivity index (χ1n) is 8.79. The SMILES string of the molecule is Cc1ccc([C@H]2S[C@@H](C)C(=O)N2CCCN(C)C(=O)c2ccco2)cc1. The molecule has 3 rings (SSSR count). The number of amides is 2. The summed E-state index contributed by atoms with van der Waals surface area (Å²) in [7, 11) is 1.76. The lowest BCUT2D eigenvalue weighted by Gasteiger charge is -2.25. The minimum absolute atomic E-state index is 0.0382. The summed E-state index contributed by atoms with van der Waals surface area (Å²) in [6.07, 6.45) is 2.22. The molecule has 1 fully saturated rings. The standard InChI is InChI=1S/C20H24N2O3S/c1-14-7-9-16(10-8-14)20-22(18(23)15(2)26-20)12-5-11-21(3)19(24)17-6-4-13-25-17/h4,6-10,13,15,20H,5,11-12H2,1-3H3/t15-,20+/m0/s1. The van der Waals surface area contributed by atoms with Gasteiger partial charge in [0.15, 0.2) is 5.76 Å². The molecule has 1 saturated heterocycles. The average molecular weight is 372 g/mol. The summed E-state index contributed by atoms with van der Waals surface area (Å²) in [5.74, 6) is 0.368. The number of benzene rings is 1. The van der Waals surface area contributed by atoms with E-state index in [0.29, 0.717) is 18.8 Å². The molecule has 1 aliphatic heterocycles. The predicted octanol–water partition coefficient (Wildman–Crippen LogP) is 3.71. The number of thioether (sulfide) groups is 1. The molecular formula is C20H24N2O3S. The van der Waals surface area contributed by atoms with Gasteiger partial charge >= 0.3 is 0 Å². The summed E-state index contributed by atoms with van der Waals surface area (Å²) in [5, 5.41) is 0.00737. The summed E-state index contributed by atoms with van der Waals surface area (Å²) < 4.78 is 5.15. The molecule has 138 valence electrons. The van der Waals surface area contributed by atoms with Crippen LogP contribution >= 0.6 is 11.8 Å². The number of furan rings is 1. The van der Waals surface area contributed by atoms with Crippen molar-refractivity contribution in [2.24, 2.45) is 0 Å². The van der Waals surface area contributed by atoms with Crippen LogP contribution in [0.2, 0.25) is 0 Å². The van der Waals surface area contributed by atoms with Gasteiger partial charge in [0.25, 0.3) is 5.91 Å². The van der Waals surface area contributed by atoms with Gasteiger partial charge in [-0.3, -0.25) is 9.59 Å². The minimum atomic E-state index is -0.138. The first kappa shape index (κ1) is 18.6. The van der Waals surface area contributed by atoms with Gasteiger partial charge in [0.05, 0.1) is 11.5 Å². The van der Waals surface area contributed by atoms with Crippen molar-refractivity contribution in [1.82, 2.24) is 9.80 Å². The van der Waals surface area contributed by atoms with Crippen molar-refractivity contribution in [2.75, 3.05) is 20.1 Å². The molecule has 1 aromatic heterocycles. The first-order chi connectivity index (χ1) is 12.5. The number of aryl methyl sites for hydroxylation is 1. The Bertz CT molecular complexity index is 758. The van der Waals surface area contributed by atoms with Crippen LogP contribution in [0.25, 0.3) is 0 Å². The molecule has 5 nitrogen and oxygen atoms in total. The van der Waals surface area contributed by atoms with Gasteiger partial charge < -0.3 is 14.2 Å². The Balaban J connectivity index is 1.60. The van der Waals surface area contributed by atoms with Crippen LogP contribution in [0.5, 0.6) is 0 Å². The van der Waals surface area contributed by atoms with Crippen molar-refractivity contribution in [1.29, 1.82) is 0 Å². The zero-order valence-corrected chi connectivity index (χ0v) is 16.2. The summed E-state index contributed by atoms with van der Waals surface area (Å²) in [6, 6.07) is 11.7. The van der Waals surface area contributed by atoms with E-state index in [0.717, 1.165) is 12.0 Å². The van der Waals surface area contributed by atoms with E-state index in [4.69, 9.17) is 4.42 Å². The second kappa shape index (κ2) is 7.99. The van der Waals surface area contributed by atoms with E-state index in [2.05, 4.69) is 31.2 Å². The highest BCUT2D eigenvalue weighted by molar-refractivity contribution is 8.01. The van der Waals surface area contributed by atoms with Crippen molar-refractivity contribution >= 4 is 23.6 Å². The second-order valence-corrected chi connectivity index (χ2v) is 8.06. The van der Waals surface area contributed by atoms with Crippen LogP contribution in [0.15, 0.2) is 47.1 Å². The molecule has 0 spiro atoms. The van der Waals surface area contributed by atoms with Crippen LogP contribution < -0.4 is 0 Å². The molecule has 1 aliphatic rings. The lowest BCUT2D eigenvalue weighted by molar-refractivity contribution is -0.129. The number of hydrogen-bond donors (Lipinski definition) is 0. The summed E-state index contributed by atoms with van der Waals surface area (Å²) in [6.45, 7) is 5.22. The number of rotatable bonds is 6. The first-order valence-corrected chi connectivity index (χ1v) is 9.73. The fraction of sp³-hybridized carbons (Fsp3) is 0.400. The predicted molar refractivity (Wildman–Crippen MR) is 103 cm³/mol. The zero-order valence-electron chi connectivity index (χ0n) is 15.3. The van der Waals surface area contributed by atoms with Crippen molar-refractivity contribution in [2.45, 2.75) is 30.9 Å². The fourth-order valence-corrected chi connectivity index (χ4v) is 4.37. The maximum atomic E-state index is 12.6. The molecule has 2 amide bonds. The van der Waals surface area contributed by atoms with E-state index in [1.54, 1.807) is 35.8 Å². The van der Waals surface area contributed by atoms with Gasteiger partial charge in [-0.25, -0.2) is 0 Å². The Labute approximate surface area is 158 Å². The molecule has 0 unspecified atom stereocenters. The number of carbonyl (C=O) groups is 2. The molecule has 26 heavy (non-hydrogen) atoms. The van der Waals surface area contributed by atoms with Crippen molar-refractivity contribution < 1.29 is 14.0 Å². The Hall–Kier alpha value is -2.21. The van der Waals surface area contributed by atoms with Crippen LogP contribution in [0.3, 0.4) is 0 Å². The zero-order chi connectivity index (χ0) is 18.7. The summed E-state index contributed by atoms with van der Waals surface area (Å²) >= 11 is 1.68. The van der Waals surface area contributed by atoms with Crippen LogP contribution in [0, 0.1) is 6.92 Å². The molecule has 0 N–H and O–H groups in total. The molecule has 2 aromatic rings. The lowest BCUT2D eigenvalue weighted by Crippen LogP contribution is -2.34. The molecule has 0 aliphatic carbocycles. The van der Waals surface area contributed by atoms with Gasteiger partial charge in [-0.05, 0) is 38.0 Å². The van der Waals surface area contributed by atoms with Crippen LogP contribution in [0.1, 0.15) is 40.4 Å². The summed E-state index contributed by atoms with van der Waals surface area (Å²) in [5.41, 5.74) is 2.36. The molecule has 1 aromatic carbocycles. The third-order valence-electron chi connectivity index (χ3n) is 4.58. The van der Waals surface area contributed by atoms with E-state index in [1.165, 1.54) is 11.8 Å². The third-order valence-corrected chi connectivity index (χ3v) is 5.97. The van der Waals surface area contributed by atoms with Gasteiger partial charge in [-0.1, -0.05) is 29.8 Å². The van der Waals surface area contributed by atoms with Crippen LogP contribution in [-0.4, -0.2) is 47.0 Å². The fourth-order valence-electron chi connectivity index (χ4n) is 3.06. The Morgan fingerprint density at radius 1 is 1.27 bits per heavy atom. The monoisotopic (exact) mass is 372 g/mol. The van der Waals surface area contributed by atoms with E-state index in [9.17, 15) is 9.59 Å². The highest BCUT2D eigenvalue weighted by atomic mass is 32.2. The molecule has 0 saturated carbocycles. The minimum Gasteiger partial charge on any atom is -0.459 e. The Kier molecular flexibility index (Phi) is 5.71. The van der Waals surface area contributed by atoms with Gasteiger partial charge in [-0.15, -0.1) is 11.8 Å². The normalized spacial score (nSPS) is 19.8. The quantitative estimate of drug-likeness (QED) is 0.776. The topological polar surface area (TPSA) is 53.8 Å². The number of nitrogens with zero attached hydrogens (tertiary/aromatic N) is 2. The molecule has 0 radical (unpaired) electrons. The largest absolute Gasteiger partial charge is 0.459 e. The maximum Gasteiger partial charge on any atom is 0.289 e. The maximum absolute atomic E-state index is 12.6. The third kappa shape index (κ3) is 3.96. The summed E-state index contributed by atoms with van der Waals surface area (Å²) in [4.78, 5) is 28.3. The van der Waals surface area contributed by atoms with Crippen LogP contribution in [0.4, 0.5) is 0 Å². The Morgan fingerprint density at radius 3 is 2.65 bits per heavy atom. The van der Waals surface area contributed by atoms with E-state index in [-0.39, 0.29) is 22.4 Å². The van der Waals surface area contributed by atoms with Gasteiger partial charge in [0.2, 0.25) is 5.91 Å². The van der Waals surface area contributed by atoms with Gasteiger partial charge in [0.1, 0.15) is 5.37 Å². The second-order valence-electron chi connectivity index (χ2n) is 6.63. The lowest BCUT2D eigenvalue weighted by atomic mass is 10.1. The van der Waals surface area contributed by atoms with E-state index >= 15 is 0 Å². The number of hydrogen-bond acceptors (Lipinski definition) is 4. The highest BCUT2D eigenvalue weighted by Gasteiger charge is 2.38. The molecule has 0 bridgehead atoms. The van der Waals surface area contributed by atoms with Crippen LogP contribution in [-0.2, 0) is 4.79 Å². The average Bonchev–Trinajstić information content (AvgIpc) is 3.26. The highest BCUT2D eigenvalue weighted by Crippen LogP contribution is 2.42.